The van der Waals surface area contributed by atoms with Gasteiger partial charge in [-0.1, -0.05) is 15.9 Å². The van der Waals surface area contributed by atoms with E-state index in [0.29, 0.717) is 10.2 Å². The van der Waals surface area contributed by atoms with Gasteiger partial charge in [0.2, 0.25) is 0 Å². The van der Waals surface area contributed by atoms with Crippen LogP contribution in [0.15, 0.2) is 22.7 Å². The van der Waals surface area contributed by atoms with Crippen LogP contribution in [0, 0.1) is 0 Å². The minimum absolute atomic E-state index is 0.194. The largest absolute Gasteiger partial charge is 0.573 e. The molecule has 1 saturated heterocycles. The van der Waals surface area contributed by atoms with Gasteiger partial charge in [0, 0.05) is 10.5 Å². The van der Waals surface area contributed by atoms with E-state index in [0.717, 1.165) is 24.3 Å². The molecule has 1 N–H and O–H groups in total. The zero-order chi connectivity index (χ0) is 13.9. The number of alkyl halides is 3. The van der Waals surface area contributed by atoms with E-state index < -0.39 is 6.36 Å². The number of benzene rings is 1. The molecular weight excluding hydrogens is 343 g/mol. The Hall–Kier alpha value is -0.560. The molecule has 19 heavy (non-hydrogen) atoms. The average Bonchev–Trinajstić information content (AvgIpc) is 2.32. The first kappa shape index (κ1) is 14.8. The molecule has 0 bridgehead atoms. The quantitative estimate of drug-likeness (QED) is 0.852. The summed E-state index contributed by atoms with van der Waals surface area (Å²) in [5.41, 5.74) is 0.387. The van der Waals surface area contributed by atoms with Crippen LogP contribution < -0.4 is 10.1 Å². The molecule has 1 fully saturated rings. The normalized spacial score (nSPS) is 17.3. The van der Waals surface area contributed by atoms with Crippen LogP contribution in [-0.4, -0.2) is 23.9 Å². The predicted octanol–water partition coefficient (Wildman–Crippen LogP) is 4.66. The lowest BCUT2D eigenvalue weighted by atomic mass is 10.1. The second kappa shape index (κ2) is 6.26. The number of halogens is 4. The van der Waals surface area contributed by atoms with Gasteiger partial charge >= 0.3 is 6.36 Å². The molecule has 0 spiro atoms. The highest BCUT2D eigenvalue weighted by molar-refractivity contribution is 9.10. The Morgan fingerprint density at radius 3 is 2.58 bits per heavy atom. The number of hydrogen-bond donors (Lipinski definition) is 1. The van der Waals surface area contributed by atoms with Gasteiger partial charge in [0.1, 0.15) is 0 Å². The topological polar surface area (TPSA) is 21.3 Å². The first-order valence-electron chi connectivity index (χ1n) is 5.83. The number of thioether (sulfide) groups is 1. The summed E-state index contributed by atoms with van der Waals surface area (Å²) in [6.07, 6.45) is -2.78. The number of ether oxygens (including phenoxy) is 1. The van der Waals surface area contributed by atoms with Crippen LogP contribution >= 0.6 is 27.7 Å². The zero-order valence-electron chi connectivity index (χ0n) is 9.97. The van der Waals surface area contributed by atoms with Crippen LogP contribution in [0.3, 0.4) is 0 Å². The second-order valence-electron chi connectivity index (χ2n) is 4.22. The Balaban J connectivity index is 2.13. The van der Waals surface area contributed by atoms with Crippen LogP contribution in [0.25, 0.3) is 0 Å². The molecule has 1 heterocycles. The van der Waals surface area contributed by atoms with E-state index in [-0.39, 0.29) is 11.8 Å². The van der Waals surface area contributed by atoms with E-state index in [4.69, 9.17) is 0 Å². The lowest BCUT2D eigenvalue weighted by Crippen LogP contribution is -2.25. The van der Waals surface area contributed by atoms with E-state index in [1.54, 1.807) is 12.1 Å². The van der Waals surface area contributed by atoms with Crippen molar-refractivity contribution in [3.8, 4) is 5.75 Å². The maximum absolute atomic E-state index is 12.4. The maximum Gasteiger partial charge on any atom is 0.573 e. The number of anilines is 1. The van der Waals surface area contributed by atoms with E-state index in [2.05, 4.69) is 26.0 Å². The van der Waals surface area contributed by atoms with Crippen molar-refractivity contribution in [1.82, 2.24) is 0 Å². The van der Waals surface area contributed by atoms with Gasteiger partial charge in [-0.3, -0.25) is 0 Å². The molecule has 1 aromatic rings. The standard InChI is InChI=1S/C12H13BrF3NOS/c13-8-1-2-10(11(7-8)18-12(14,15)16)17-9-3-5-19-6-4-9/h1-2,7,9,17H,3-6H2. The minimum Gasteiger partial charge on any atom is -0.404 e. The number of nitrogens with one attached hydrogen (secondary N) is 1. The number of hydrogen-bond acceptors (Lipinski definition) is 3. The summed E-state index contributed by atoms with van der Waals surface area (Å²) < 4.78 is 41.7. The fourth-order valence-corrected chi connectivity index (χ4v) is 3.33. The van der Waals surface area contributed by atoms with Crippen molar-refractivity contribution >= 4 is 33.4 Å². The zero-order valence-corrected chi connectivity index (χ0v) is 12.4. The molecule has 2 nitrogen and oxygen atoms in total. The smallest absolute Gasteiger partial charge is 0.404 e. The second-order valence-corrected chi connectivity index (χ2v) is 6.36. The summed E-state index contributed by atoms with van der Waals surface area (Å²) in [6, 6.07) is 4.83. The third-order valence-electron chi connectivity index (χ3n) is 2.75. The monoisotopic (exact) mass is 355 g/mol. The molecule has 0 aliphatic carbocycles. The Morgan fingerprint density at radius 2 is 1.95 bits per heavy atom. The maximum atomic E-state index is 12.4. The van der Waals surface area contributed by atoms with Gasteiger partial charge in [-0.15, -0.1) is 13.2 Å². The molecule has 1 aliphatic rings. The van der Waals surface area contributed by atoms with E-state index in [9.17, 15) is 13.2 Å². The summed E-state index contributed by atoms with van der Waals surface area (Å²) in [6.45, 7) is 0. The van der Waals surface area contributed by atoms with Crippen molar-refractivity contribution in [2.45, 2.75) is 25.2 Å². The highest BCUT2D eigenvalue weighted by Crippen LogP contribution is 2.34. The van der Waals surface area contributed by atoms with Gasteiger partial charge in [0.25, 0.3) is 0 Å². The molecule has 0 saturated carbocycles. The number of rotatable bonds is 3. The molecule has 0 aromatic heterocycles. The van der Waals surface area contributed by atoms with Gasteiger partial charge < -0.3 is 10.1 Å². The predicted molar refractivity (Wildman–Crippen MR) is 74.8 cm³/mol. The van der Waals surface area contributed by atoms with E-state index in [1.165, 1.54) is 6.07 Å². The van der Waals surface area contributed by atoms with Crippen molar-refractivity contribution in [2.24, 2.45) is 0 Å². The summed E-state index contributed by atoms with van der Waals surface area (Å²) in [7, 11) is 0. The highest BCUT2D eigenvalue weighted by atomic mass is 79.9. The summed E-state index contributed by atoms with van der Waals surface area (Å²) in [4.78, 5) is 0. The third kappa shape index (κ3) is 4.80. The first-order chi connectivity index (χ1) is 8.94. The Labute approximate surface area is 122 Å². The van der Waals surface area contributed by atoms with E-state index in [1.807, 2.05) is 11.8 Å². The van der Waals surface area contributed by atoms with E-state index >= 15 is 0 Å². The minimum atomic E-state index is -4.68. The van der Waals surface area contributed by atoms with Crippen LogP contribution in [-0.2, 0) is 0 Å². The highest BCUT2D eigenvalue weighted by Gasteiger charge is 2.32. The van der Waals surface area contributed by atoms with Crippen LogP contribution in [0.2, 0.25) is 0 Å². The van der Waals surface area contributed by atoms with Gasteiger partial charge in [0.15, 0.2) is 5.75 Å². The van der Waals surface area contributed by atoms with Crippen molar-refractivity contribution in [3.63, 3.8) is 0 Å². The molecule has 1 aromatic carbocycles. The van der Waals surface area contributed by atoms with Crippen LogP contribution in [0.1, 0.15) is 12.8 Å². The molecule has 0 amide bonds. The Kier molecular flexibility index (Phi) is 4.89. The lowest BCUT2D eigenvalue weighted by molar-refractivity contribution is -0.274. The lowest BCUT2D eigenvalue weighted by Gasteiger charge is -2.25. The fraction of sp³-hybridized carbons (Fsp3) is 0.500. The fourth-order valence-electron chi connectivity index (χ4n) is 1.89. The molecular formula is C12H13BrF3NOS. The molecule has 1 aliphatic heterocycles. The van der Waals surface area contributed by atoms with Gasteiger partial charge in [0.05, 0.1) is 5.69 Å². The SMILES string of the molecule is FC(F)(F)Oc1cc(Br)ccc1NC1CCSCC1. The Bertz CT molecular complexity index is 435. The molecule has 106 valence electrons. The van der Waals surface area contributed by atoms with Crippen molar-refractivity contribution in [2.75, 3.05) is 16.8 Å². The summed E-state index contributed by atoms with van der Waals surface area (Å²) in [5, 5.41) is 3.14. The van der Waals surface area contributed by atoms with Crippen LogP contribution in [0.5, 0.6) is 5.75 Å². The summed E-state index contributed by atoms with van der Waals surface area (Å²) in [5.74, 6) is 1.87. The van der Waals surface area contributed by atoms with Gasteiger partial charge in [-0.05, 0) is 42.5 Å². The van der Waals surface area contributed by atoms with Crippen molar-refractivity contribution in [1.29, 1.82) is 0 Å². The summed E-state index contributed by atoms with van der Waals surface area (Å²) >= 11 is 5.02. The van der Waals surface area contributed by atoms with Crippen molar-refractivity contribution in [3.05, 3.63) is 22.7 Å². The molecule has 0 atom stereocenters. The average molecular weight is 356 g/mol. The van der Waals surface area contributed by atoms with Gasteiger partial charge in [-0.25, -0.2) is 0 Å². The first-order valence-corrected chi connectivity index (χ1v) is 7.78. The van der Waals surface area contributed by atoms with Crippen molar-refractivity contribution < 1.29 is 17.9 Å². The molecule has 7 heteroatoms. The van der Waals surface area contributed by atoms with Crippen LogP contribution in [0.4, 0.5) is 18.9 Å². The third-order valence-corrected chi connectivity index (χ3v) is 4.29. The molecule has 2 rings (SSSR count). The Morgan fingerprint density at radius 1 is 1.26 bits per heavy atom. The van der Waals surface area contributed by atoms with Gasteiger partial charge in [-0.2, -0.15) is 11.8 Å². The molecule has 0 radical (unpaired) electrons. The molecule has 0 unspecified atom stereocenters.